The summed E-state index contributed by atoms with van der Waals surface area (Å²) in [5.74, 6) is 0. The second-order valence-corrected chi connectivity index (χ2v) is 6.66. The molecule has 2 nitrogen and oxygen atoms in total. The first-order chi connectivity index (χ1) is 8.88. The fourth-order valence-corrected chi connectivity index (χ4v) is 2.56. The summed E-state index contributed by atoms with van der Waals surface area (Å²) in [5, 5.41) is 1.41. The van der Waals surface area contributed by atoms with Gasteiger partial charge in [0.25, 0.3) is 0 Å². The number of nitrogens with two attached hydrogens (primary N) is 1. The molecule has 0 saturated carbocycles. The highest BCUT2D eigenvalue weighted by molar-refractivity contribution is 6.35. The summed E-state index contributed by atoms with van der Waals surface area (Å²) in [7, 11) is 0. The molecule has 1 aromatic rings. The van der Waals surface area contributed by atoms with E-state index in [4.69, 9.17) is 28.9 Å². The minimum absolute atomic E-state index is 0.119. The van der Waals surface area contributed by atoms with Gasteiger partial charge in [-0.2, -0.15) is 0 Å². The van der Waals surface area contributed by atoms with Gasteiger partial charge in [-0.3, -0.25) is 4.90 Å². The molecule has 0 fully saturated rings. The van der Waals surface area contributed by atoms with Gasteiger partial charge in [0.15, 0.2) is 0 Å². The van der Waals surface area contributed by atoms with Gasteiger partial charge in [-0.1, -0.05) is 50.0 Å². The third kappa shape index (κ3) is 5.70. The standard InChI is InChI=1S/C15H24Cl2N2/c1-4-7-19(11-15(2,3)10-18)9-12-5-6-13(16)8-14(12)17/h5-6,8H,4,7,9-11,18H2,1-3H3. The van der Waals surface area contributed by atoms with Crippen LogP contribution in [0.3, 0.4) is 0 Å². The van der Waals surface area contributed by atoms with Crippen molar-refractivity contribution >= 4 is 23.2 Å². The normalized spacial score (nSPS) is 12.2. The van der Waals surface area contributed by atoms with Crippen LogP contribution in [0.5, 0.6) is 0 Å². The zero-order valence-corrected chi connectivity index (χ0v) is 13.6. The molecule has 0 spiro atoms. The molecule has 0 aromatic heterocycles. The van der Waals surface area contributed by atoms with E-state index in [1.54, 1.807) is 6.07 Å². The Balaban J connectivity index is 2.77. The van der Waals surface area contributed by atoms with Gasteiger partial charge in [0, 0.05) is 23.1 Å². The van der Waals surface area contributed by atoms with Crippen LogP contribution in [-0.2, 0) is 6.54 Å². The lowest BCUT2D eigenvalue weighted by Gasteiger charge is -2.32. The fourth-order valence-electron chi connectivity index (χ4n) is 2.09. The first-order valence-corrected chi connectivity index (χ1v) is 7.50. The van der Waals surface area contributed by atoms with Crippen molar-refractivity contribution in [1.29, 1.82) is 0 Å². The van der Waals surface area contributed by atoms with Gasteiger partial charge >= 0.3 is 0 Å². The first-order valence-electron chi connectivity index (χ1n) is 6.74. The Morgan fingerprint density at radius 2 is 1.95 bits per heavy atom. The highest BCUT2D eigenvalue weighted by atomic mass is 35.5. The average molecular weight is 303 g/mol. The van der Waals surface area contributed by atoms with Crippen molar-refractivity contribution in [2.24, 2.45) is 11.1 Å². The molecular weight excluding hydrogens is 279 g/mol. The largest absolute Gasteiger partial charge is 0.330 e. The topological polar surface area (TPSA) is 29.3 Å². The van der Waals surface area contributed by atoms with Crippen LogP contribution in [-0.4, -0.2) is 24.5 Å². The lowest BCUT2D eigenvalue weighted by atomic mass is 9.93. The van der Waals surface area contributed by atoms with Crippen LogP contribution < -0.4 is 5.73 Å². The molecule has 0 saturated heterocycles. The number of benzene rings is 1. The van der Waals surface area contributed by atoms with Crippen LogP contribution in [0.1, 0.15) is 32.8 Å². The molecule has 0 amide bonds. The molecule has 4 heteroatoms. The molecule has 0 atom stereocenters. The molecular formula is C15H24Cl2N2. The summed E-state index contributed by atoms with van der Waals surface area (Å²) in [5.41, 5.74) is 7.06. The van der Waals surface area contributed by atoms with Crippen LogP contribution in [0.25, 0.3) is 0 Å². The van der Waals surface area contributed by atoms with Crippen molar-refractivity contribution in [3.63, 3.8) is 0 Å². The van der Waals surface area contributed by atoms with Crippen molar-refractivity contribution < 1.29 is 0 Å². The zero-order chi connectivity index (χ0) is 14.5. The molecule has 19 heavy (non-hydrogen) atoms. The summed E-state index contributed by atoms with van der Waals surface area (Å²) in [4.78, 5) is 2.40. The van der Waals surface area contributed by atoms with E-state index in [0.717, 1.165) is 36.6 Å². The Labute approximate surface area is 126 Å². The van der Waals surface area contributed by atoms with Crippen LogP contribution >= 0.6 is 23.2 Å². The van der Waals surface area contributed by atoms with Crippen molar-refractivity contribution in [2.75, 3.05) is 19.6 Å². The van der Waals surface area contributed by atoms with E-state index < -0.39 is 0 Å². The highest BCUT2D eigenvalue weighted by Gasteiger charge is 2.20. The Kier molecular flexibility index (Phi) is 6.61. The zero-order valence-electron chi connectivity index (χ0n) is 12.0. The second kappa shape index (κ2) is 7.49. The molecule has 108 valence electrons. The molecule has 1 rings (SSSR count). The maximum absolute atomic E-state index is 6.24. The fraction of sp³-hybridized carbons (Fsp3) is 0.600. The van der Waals surface area contributed by atoms with Crippen molar-refractivity contribution in [3.05, 3.63) is 33.8 Å². The molecule has 1 aromatic carbocycles. The third-order valence-electron chi connectivity index (χ3n) is 3.15. The Morgan fingerprint density at radius 3 is 2.47 bits per heavy atom. The summed E-state index contributed by atoms with van der Waals surface area (Å²) >= 11 is 12.2. The van der Waals surface area contributed by atoms with E-state index in [0.29, 0.717) is 11.6 Å². The molecule has 0 radical (unpaired) electrons. The number of hydrogen-bond acceptors (Lipinski definition) is 2. The predicted molar refractivity (Wildman–Crippen MR) is 84.9 cm³/mol. The smallest absolute Gasteiger partial charge is 0.0465 e. The van der Waals surface area contributed by atoms with Crippen molar-refractivity contribution in [1.82, 2.24) is 4.90 Å². The van der Waals surface area contributed by atoms with Gasteiger partial charge in [0.2, 0.25) is 0 Å². The van der Waals surface area contributed by atoms with Gasteiger partial charge < -0.3 is 5.73 Å². The summed E-state index contributed by atoms with van der Waals surface area (Å²) in [6, 6.07) is 5.69. The Bertz CT molecular complexity index is 405. The minimum atomic E-state index is 0.119. The van der Waals surface area contributed by atoms with E-state index in [2.05, 4.69) is 25.7 Å². The predicted octanol–water partition coefficient (Wildman–Crippen LogP) is 4.19. The molecule has 0 aliphatic heterocycles. The molecule has 2 N–H and O–H groups in total. The van der Waals surface area contributed by atoms with Gasteiger partial charge in [-0.15, -0.1) is 0 Å². The number of hydrogen-bond donors (Lipinski definition) is 1. The lowest BCUT2D eigenvalue weighted by Crippen LogP contribution is -2.38. The van der Waals surface area contributed by atoms with E-state index in [-0.39, 0.29) is 5.41 Å². The van der Waals surface area contributed by atoms with Crippen LogP contribution in [0.4, 0.5) is 0 Å². The lowest BCUT2D eigenvalue weighted by molar-refractivity contribution is 0.176. The van der Waals surface area contributed by atoms with Gasteiger partial charge in [0.1, 0.15) is 0 Å². The maximum Gasteiger partial charge on any atom is 0.0465 e. The average Bonchev–Trinajstić information content (AvgIpc) is 2.32. The number of halogens is 2. The van der Waals surface area contributed by atoms with Crippen LogP contribution in [0.2, 0.25) is 10.0 Å². The Morgan fingerprint density at radius 1 is 1.26 bits per heavy atom. The van der Waals surface area contributed by atoms with Gasteiger partial charge in [-0.05, 0) is 42.6 Å². The SMILES string of the molecule is CCCN(Cc1ccc(Cl)cc1Cl)CC(C)(C)CN. The van der Waals surface area contributed by atoms with Gasteiger partial charge in [0.05, 0.1) is 0 Å². The summed E-state index contributed by atoms with van der Waals surface area (Å²) in [6.45, 7) is 10.1. The summed E-state index contributed by atoms with van der Waals surface area (Å²) in [6.07, 6.45) is 1.12. The van der Waals surface area contributed by atoms with Gasteiger partial charge in [-0.25, -0.2) is 0 Å². The van der Waals surface area contributed by atoms with E-state index in [9.17, 15) is 0 Å². The molecule has 0 aliphatic rings. The number of nitrogens with zero attached hydrogens (tertiary/aromatic N) is 1. The van der Waals surface area contributed by atoms with Crippen LogP contribution in [0, 0.1) is 5.41 Å². The molecule has 0 heterocycles. The van der Waals surface area contributed by atoms with E-state index in [1.165, 1.54) is 0 Å². The van der Waals surface area contributed by atoms with Crippen molar-refractivity contribution in [2.45, 2.75) is 33.7 Å². The molecule has 0 aliphatic carbocycles. The van der Waals surface area contributed by atoms with E-state index in [1.807, 2.05) is 12.1 Å². The Hall–Kier alpha value is -0.280. The maximum atomic E-state index is 6.24. The first kappa shape index (κ1) is 16.8. The minimum Gasteiger partial charge on any atom is -0.330 e. The molecule has 0 bridgehead atoms. The molecule has 0 unspecified atom stereocenters. The monoisotopic (exact) mass is 302 g/mol. The van der Waals surface area contributed by atoms with Crippen LogP contribution in [0.15, 0.2) is 18.2 Å². The van der Waals surface area contributed by atoms with E-state index >= 15 is 0 Å². The summed E-state index contributed by atoms with van der Waals surface area (Å²) < 4.78 is 0. The second-order valence-electron chi connectivity index (χ2n) is 5.81. The third-order valence-corrected chi connectivity index (χ3v) is 3.74. The highest BCUT2D eigenvalue weighted by Crippen LogP contribution is 2.24. The van der Waals surface area contributed by atoms with Crippen molar-refractivity contribution in [3.8, 4) is 0 Å². The quantitative estimate of drug-likeness (QED) is 0.818. The number of rotatable bonds is 7.